The van der Waals surface area contributed by atoms with Crippen molar-refractivity contribution in [3.05, 3.63) is 47.0 Å². The van der Waals surface area contributed by atoms with E-state index in [9.17, 15) is 4.79 Å². The number of benzene rings is 1. The van der Waals surface area contributed by atoms with Crippen LogP contribution in [-0.2, 0) is 11.2 Å². The van der Waals surface area contributed by atoms with Crippen molar-refractivity contribution in [1.82, 2.24) is 9.88 Å². The Morgan fingerprint density at radius 2 is 2.33 bits per heavy atom. The molecule has 5 nitrogen and oxygen atoms in total. The summed E-state index contributed by atoms with van der Waals surface area (Å²) in [6.07, 6.45) is 2.97. The highest BCUT2D eigenvalue weighted by molar-refractivity contribution is 7.13. The van der Waals surface area contributed by atoms with Crippen LogP contribution in [0.4, 0.5) is 5.13 Å². The maximum Gasteiger partial charge on any atom is 0.223 e. The Morgan fingerprint density at radius 3 is 3.04 bits per heavy atom. The predicted octanol–water partition coefficient (Wildman–Crippen LogP) is 2.68. The summed E-state index contributed by atoms with van der Waals surface area (Å²) in [5, 5.41) is 12.0. The molecule has 124 valence electrons. The van der Waals surface area contributed by atoms with E-state index in [2.05, 4.69) is 22.9 Å². The molecular formula is C18H20N4OS. The number of anilines is 1. The number of thiazole rings is 1. The average Bonchev–Trinajstić information content (AvgIpc) is 3.14. The number of rotatable bonds is 4. The normalized spacial score (nSPS) is 17.6. The number of hydrogen-bond donors (Lipinski definition) is 0. The van der Waals surface area contributed by atoms with E-state index in [1.165, 1.54) is 0 Å². The van der Waals surface area contributed by atoms with Gasteiger partial charge in [-0.2, -0.15) is 5.26 Å². The largest absolute Gasteiger partial charge is 0.344 e. The summed E-state index contributed by atoms with van der Waals surface area (Å²) in [5.74, 6) is 0.184. The topological polar surface area (TPSA) is 60.2 Å². The summed E-state index contributed by atoms with van der Waals surface area (Å²) < 4.78 is 0. The summed E-state index contributed by atoms with van der Waals surface area (Å²) in [4.78, 5) is 21.1. The molecule has 6 heteroatoms. The van der Waals surface area contributed by atoms with Gasteiger partial charge in [-0.25, -0.2) is 4.98 Å². The van der Waals surface area contributed by atoms with E-state index >= 15 is 0 Å². The fraction of sp³-hybridized carbons (Fsp3) is 0.389. The van der Waals surface area contributed by atoms with E-state index in [0.717, 1.165) is 30.3 Å². The van der Waals surface area contributed by atoms with Crippen molar-refractivity contribution in [3.8, 4) is 6.07 Å². The first-order valence-electron chi connectivity index (χ1n) is 8.10. The molecule has 2 aromatic rings. The van der Waals surface area contributed by atoms with Crippen molar-refractivity contribution in [2.24, 2.45) is 0 Å². The van der Waals surface area contributed by atoms with Gasteiger partial charge in [0.05, 0.1) is 11.6 Å². The number of piperazine rings is 1. The second kappa shape index (κ2) is 7.45. The Balaban J connectivity index is 1.55. The van der Waals surface area contributed by atoms with Gasteiger partial charge in [-0.3, -0.25) is 4.79 Å². The summed E-state index contributed by atoms with van der Waals surface area (Å²) in [6.45, 7) is 4.47. The highest BCUT2D eigenvalue weighted by Crippen LogP contribution is 2.22. The van der Waals surface area contributed by atoms with Crippen LogP contribution in [0.2, 0.25) is 0 Å². The van der Waals surface area contributed by atoms with Crippen LogP contribution >= 0.6 is 11.3 Å². The number of hydrogen-bond acceptors (Lipinski definition) is 5. The number of aromatic nitrogens is 1. The summed E-state index contributed by atoms with van der Waals surface area (Å²) >= 11 is 1.64. The van der Waals surface area contributed by atoms with E-state index in [4.69, 9.17) is 5.26 Å². The zero-order valence-corrected chi connectivity index (χ0v) is 14.5. The molecule has 1 atom stereocenters. The first-order valence-corrected chi connectivity index (χ1v) is 8.98. The molecule has 1 aromatic heterocycles. The number of nitrogens with zero attached hydrogens (tertiary/aromatic N) is 4. The van der Waals surface area contributed by atoms with Gasteiger partial charge in [0.15, 0.2) is 5.13 Å². The molecule has 0 N–H and O–H groups in total. The lowest BCUT2D eigenvalue weighted by atomic mass is 10.1. The highest BCUT2D eigenvalue weighted by atomic mass is 32.1. The first-order chi connectivity index (χ1) is 11.7. The van der Waals surface area contributed by atoms with Gasteiger partial charge in [0.1, 0.15) is 0 Å². The van der Waals surface area contributed by atoms with Gasteiger partial charge in [-0.15, -0.1) is 11.3 Å². The molecule has 0 aliphatic carbocycles. The molecule has 0 radical (unpaired) electrons. The lowest BCUT2D eigenvalue weighted by Crippen LogP contribution is -2.54. The van der Waals surface area contributed by atoms with Gasteiger partial charge in [-0.05, 0) is 31.0 Å². The van der Waals surface area contributed by atoms with Crippen LogP contribution in [-0.4, -0.2) is 41.5 Å². The zero-order chi connectivity index (χ0) is 16.9. The van der Waals surface area contributed by atoms with Gasteiger partial charge < -0.3 is 9.80 Å². The van der Waals surface area contributed by atoms with Crippen molar-refractivity contribution in [2.45, 2.75) is 25.8 Å². The van der Waals surface area contributed by atoms with Crippen molar-refractivity contribution in [2.75, 3.05) is 24.5 Å². The van der Waals surface area contributed by atoms with Crippen molar-refractivity contribution in [1.29, 1.82) is 5.26 Å². The predicted molar refractivity (Wildman–Crippen MR) is 95.0 cm³/mol. The second-order valence-electron chi connectivity index (χ2n) is 6.01. The van der Waals surface area contributed by atoms with Crippen molar-refractivity contribution < 1.29 is 4.79 Å². The number of carbonyl (C=O) groups excluding carboxylic acids is 1. The van der Waals surface area contributed by atoms with Crippen LogP contribution in [0.25, 0.3) is 0 Å². The third-order valence-corrected chi connectivity index (χ3v) is 5.15. The molecule has 24 heavy (non-hydrogen) atoms. The maximum atomic E-state index is 12.6. The van der Waals surface area contributed by atoms with Crippen LogP contribution in [0.15, 0.2) is 35.8 Å². The molecule has 1 unspecified atom stereocenters. The van der Waals surface area contributed by atoms with Crippen LogP contribution in [0.5, 0.6) is 0 Å². The lowest BCUT2D eigenvalue weighted by molar-refractivity contribution is -0.133. The molecule has 1 aliphatic rings. The second-order valence-corrected chi connectivity index (χ2v) is 6.88. The molecule has 1 aliphatic heterocycles. The standard InChI is InChI=1S/C18H20N4OS/c1-14-13-21(18-20-7-10-24-18)8-9-22(14)17(23)6-5-15-3-2-4-16(11-15)12-19/h2-4,7,10-11,14H,5-6,8-9,13H2,1H3. The minimum Gasteiger partial charge on any atom is -0.344 e. The fourth-order valence-electron chi connectivity index (χ4n) is 3.07. The Labute approximate surface area is 146 Å². The molecular weight excluding hydrogens is 320 g/mol. The van der Waals surface area contributed by atoms with Gasteiger partial charge in [0.2, 0.25) is 5.91 Å². The number of carbonyl (C=O) groups is 1. The van der Waals surface area contributed by atoms with E-state index in [1.54, 1.807) is 17.4 Å². The molecule has 1 fully saturated rings. The van der Waals surface area contributed by atoms with Crippen LogP contribution in [0.1, 0.15) is 24.5 Å². The zero-order valence-electron chi connectivity index (χ0n) is 13.7. The van der Waals surface area contributed by atoms with Crippen molar-refractivity contribution >= 4 is 22.4 Å². The van der Waals surface area contributed by atoms with Gasteiger partial charge >= 0.3 is 0 Å². The molecule has 0 bridgehead atoms. The smallest absolute Gasteiger partial charge is 0.223 e. The minimum atomic E-state index is 0.181. The first kappa shape index (κ1) is 16.5. The van der Waals surface area contributed by atoms with Gasteiger partial charge in [0.25, 0.3) is 0 Å². The molecule has 0 saturated carbocycles. The highest BCUT2D eigenvalue weighted by Gasteiger charge is 2.28. The monoisotopic (exact) mass is 340 g/mol. The van der Waals surface area contributed by atoms with E-state index in [1.807, 2.05) is 34.7 Å². The third-order valence-electron chi connectivity index (χ3n) is 4.32. The molecule has 3 rings (SSSR count). The Bertz CT molecular complexity index is 738. The lowest BCUT2D eigenvalue weighted by Gasteiger charge is -2.39. The molecule has 1 aromatic carbocycles. The molecule has 1 amide bonds. The fourth-order valence-corrected chi connectivity index (χ4v) is 3.75. The third kappa shape index (κ3) is 3.74. The SMILES string of the molecule is CC1CN(c2nccs2)CCN1C(=O)CCc1cccc(C#N)c1. The summed E-state index contributed by atoms with van der Waals surface area (Å²) in [5.41, 5.74) is 1.68. The van der Waals surface area contributed by atoms with Crippen LogP contribution in [0, 0.1) is 11.3 Å². The van der Waals surface area contributed by atoms with E-state index in [-0.39, 0.29) is 11.9 Å². The van der Waals surface area contributed by atoms with E-state index < -0.39 is 0 Å². The Hall–Kier alpha value is -2.39. The Morgan fingerprint density at radius 1 is 1.46 bits per heavy atom. The number of aryl methyl sites for hydroxylation is 1. The Kier molecular flexibility index (Phi) is 5.11. The van der Waals surface area contributed by atoms with Gasteiger partial charge in [-0.1, -0.05) is 12.1 Å². The maximum absolute atomic E-state index is 12.6. The van der Waals surface area contributed by atoms with Gasteiger partial charge in [0, 0.05) is 43.7 Å². The molecule has 0 spiro atoms. The molecule has 1 saturated heterocycles. The molecule has 2 heterocycles. The van der Waals surface area contributed by atoms with E-state index in [0.29, 0.717) is 18.4 Å². The quantitative estimate of drug-likeness (QED) is 0.858. The number of amides is 1. The number of nitriles is 1. The minimum absolute atomic E-state index is 0.181. The summed E-state index contributed by atoms with van der Waals surface area (Å²) in [6, 6.07) is 9.80. The van der Waals surface area contributed by atoms with Crippen LogP contribution < -0.4 is 4.90 Å². The van der Waals surface area contributed by atoms with Crippen LogP contribution in [0.3, 0.4) is 0 Å². The van der Waals surface area contributed by atoms with Crippen molar-refractivity contribution in [3.63, 3.8) is 0 Å². The average molecular weight is 340 g/mol. The summed E-state index contributed by atoms with van der Waals surface area (Å²) in [7, 11) is 0.